The average molecular weight is 156 g/mol. The Morgan fingerprint density at radius 2 is 2.00 bits per heavy atom. The molecule has 0 aliphatic heterocycles. The Morgan fingerprint density at radius 1 is 1.27 bits per heavy atom. The Balaban J connectivity index is 3.12. The van der Waals surface area contributed by atoms with Crippen LogP contribution >= 0.6 is 0 Å². The Labute approximate surface area is 63.4 Å². The topological polar surface area (TPSA) is 48.7 Å². The van der Waals surface area contributed by atoms with Crippen molar-refractivity contribution >= 4 is 0 Å². The lowest BCUT2D eigenvalue weighted by Crippen LogP contribution is -1.99. The van der Waals surface area contributed by atoms with Gasteiger partial charge in [0.1, 0.15) is 5.75 Å². The second-order valence-electron chi connectivity index (χ2n) is 1.84. The van der Waals surface area contributed by atoms with Gasteiger partial charge in [0.15, 0.2) is 0 Å². The second kappa shape index (κ2) is 3.09. The third-order valence-corrected chi connectivity index (χ3v) is 1.16. The number of ether oxygens (including phenoxy) is 2. The van der Waals surface area contributed by atoms with Crippen LogP contribution in [0.25, 0.3) is 0 Å². The van der Waals surface area contributed by atoms with Crippen molar-refractivity contribution in [3.63, 3.8) is 0 Å². The predicted octanol–water partition coefficient (Wildman–Crippen LogP) is 0.657. The van der Waals surface area contributed by atoms with Crippen LogP contribution in [0.5, 0.6) is 11.7 Å². The third kappa shape index (κ3) is 1.73. The smallest absolute Gasteiger partial charge is 0.342 e. The normalized spacial score (nSPS) is 9.27. The number of methoxy groups -OCH3 is 2. The molecule has 0 amide bonds. The van der Waals surface area contributed by atoms with E-state index < -0.39 is 5.63 Å². The molecule has 4 nitrogen and oxygen atoms in total. The largest absolute Gasteiger partial charge is 0.496 e. The van der Waals surface area contributed by atoms with Crippen LogP contribution < -0.4 is 15.1 Å². The summed E-state index contributed by atoms with van der Waals surface area (Å²) in [7, 11) is 2.88. The van der Waals surface area contributed by atoms with Gasteiger partial charge in [-0.3, -0.25) is 0 Å². The van der Waals surface area contributed by atoms with Crippen molar-refractivity contribution in [2.75, 3.05) is 14.2 Å². The standard InChI is InChI=1S/C7H8O4/c1-9-5-3-6(8)11-7(4-5)10-2/h3-4H,1-2H3. The zero-order valence-corrected chi connectivity index (χ0v) is 6.29. The van der Waals surface area contributed by atoms with E-state index in [1.807, 2.05) is 0 Å². The van der Waals surface area contributed by atoms with Crippen molar-refractivity contribution in [2.45, 2.75) is 0 Å². The zero-order valence-electron chi connectivity index (χ0n) is 6.29. The highest BCUT2D eigenvalue weighted by molar-refractivity contribution is 5.23. The molecule has 0 radical (unpaired) electrons. The lowest BCUT2D eigenvalue weighted by atomic mass is 10.5. The Morgan fingerprint density at radius 3 is 2.55 bits per heavy atom. The van der Waals surface area contributed by atoms with Gasteiger partial charge < -0.3 is 13.9 Å². The molecule has 0 spiro atoms. The molecule has 0 bridgehead atoms. The van der Waals surface area contributed by atoms with Gasteiger partial charge in [-0.25, -0.2) is 4.79 Å². The molecule has 11 heavy (non-hydrogen) atoms. The van der Waals surface area contributed by atoms with Crippen LogP contribution in [0.2, 0.25) is 0 Å². The molecule has 1 aromatic heterocycles. The Hall–Kier alpha value is -1.45. The molecule has 0 unspecified atom stereocenters. The molecule has 0 aliphatic rings. The van der Waals surface area contributed by atoms with Crippen LogP contribution in [-0.4, -0.2) is 14.2 Å². The molecule has 1 rings (SSSR count). The van der Waals surface area contributed by atoms with E-state index in [0.29, 0.717) is 5.75 Å². The van der Waals surface area contributed by atoms with Gasteiger partial charge >= 0.3 is 5.63 Å². The van der Waals surface area contributed by atoms with E-state index in [1.54, 1.807) is 0 Å². The summed E-state index contributed by atoms with van der Waals surface area (Å²) < 4.78 is 14.1. The summed E-state index contributed by atoms with van der Waals surface area (Å²) in [5.41, 5.74) is -0.485. The summed E-state index contributed by atoms with van der Waals surface area (Å²) in [6, 6.07) is 2.73. The SMILES string of the molecule is COc1cc(OC)oc(=O)c1. The Kier molecular flexibility index (Phi) is 2.15. The van der Waals surface area contributed by atoms with Crippen molar-refractivity contribution in [2.24, 2.45) is 0 Å². The van der Waals surface area contributed by atoms with Crippen molar-refractivity contribution < 1.29 is 13.9 Å². The van der Waals surface area contributed by atoms with Crippen molar-refractivity contribution in [1.82, 2.24) is 0 Å². The Bertz CT molecular complexity index is 263. The van der Waals surface area contributed by atoms with Crippen molar-refractivity contribution in [3.8, 4) is 11.7 Å². The summed E-state index contributed by atoms with van der Waals surface area (Å²) >= 11 is 0. The fourth-order valence-corrected chi connectivity index (χ4v) is 0.650. The highest BCUT2D eigenvalue weighted by atomic mass is 16.6. The molecule has 0 aliphatic carbocycles. The van der Waals surface area contributed by atoms with E-state index in [0.717, 1.165) is 0 Å². The number of hydrogen-bond acceptors (Lipinski definition) is 4. The first-order chi connectivity index (χ1) is 5.26. The third-order valence-electron chi connectivity index (χ3n) is 1.16. The first kappa shape index (κ1) is 7.65. The lowest BCUT2D eigenvalue weighted by molar-refractivity contribution is 0.280. The monoisotopic (exact) mass is 156 g/mol. The van der Waals surface area contributed by atoms with E-state index in [-0.39, 0.29) is 5.95 Å². The summed E-state index contributed by atoms with van der Waals surface area (Å²) in [4.78, 5) is 10.7. The minimum absolute atomic E-state index is 0.148. The fraction of sp³-hybridized carbons (Fsp3) is 0.286. The minimum atomic E-state index is -0.485. The summed E-state index contributed by atoms with van der Waals surface area (Å²) in [6.45, 7) is 0. The number of hydrogen-bond donors (Lipinski definition) is 0. The van der Waals surface area contributed by atoms with Crippen LogP contribution in [0.4, 0.5) is 0 Å². The maximum atomic E-state index is 10.7. The van der Waals surface area contributed by atoms with Gasteiger partial charge in [0, 0.05) is 0 Å². The molecule has 0 saturated carbocycles. The first-order valence-corrected chi connectivity index (χ1v) is 2.99. The van der Waals surface area contributed by atoms with E-state index in [1.165, 1.54) is 26.4 Å². The van der Waals surface area contributed by atoms with Gasteiger partial charge in [-0.15, -0.1) is 0 Å². The molecule has 0 N–H and O–H groups in total. The summed E-state index contributed by atoms with van der Waals surface area (Å²) in [5, 5.41) is 0. The first-order valence-electron chi connectivity index (χ1n) is 2.99. The molecule has 1 aromatic rings. The minimum Gasteiger partial charge on any atom is -0.496 e. The maximum absolute atomic E-state index is 10.7. The molecule has 4 heteroatoms. The molecular formula is C7H8O4. The molecular weight excluding hydrogens is 148 g/mol. The molecule has 60 valence electrons. The van der Waals surface area contributed by atoms with Gasteiger partial charge in [-0.05, 0) is 0 Å². The second-order valence-corrected chi connectivity index (χ2v) is 1.84. The maximum Gasteiger partial charge on any atom is 0.342 e. The predicted molar refractivity (Wildman–Crippen MR) is 38.1 cm³/mol. The summed E-state index contributed by atoms with van der Waals surface area (Å²) in [6.07, 6.45) is 0. The molecule has 0 atom stereocenters. The van der Waals surface area contributed by atoms with Gasteiger partial charge in [0.2, 0.25) is 0 Å². The van der Waals surface area contributed by atoms with Crippen LogP contribution in [0, 0.1) is 0 Å². The molecule has 0 aromatic carbocycles. The van der Waals surface area contributed by atoms with Crippen LogP contribution in [0.1, 0.15) is 0 Å². The zero-order chi connectivity index (χ0) is 8.27. The van der Waals surface area contributed by atoms with Gasteiger partial charge in [0.05, 0.1) is 26.4 Å². The average Bonchev–Trinajstić information content (AvgIpc) is 2.03. The van der Waals surface area contributed by atoms with E-state index in [2.05, 4.69) is 4.42 Å². The number of rotatable bonds is 2. The van der Waals surface area contributed by atoms with E-state index in [9.17, 15) is 4.79 Å². The fourth-order valence-electron chi connectivity index (χ4n) is 0.650. The van der Waals surface area contributed by atoms with Crippen LogP contribution in [0.15, 0.2) is 21.3 Å². The quantitative estimate of drug-likeness (QED) is 0.631. The van der Waals surface area contributed by atoms with Crippen LogP contribution in [-0.2, 0) is 0 Å². The van der Waals surface area contributed by atoms with Gasteiger partial charge in [0.25, 0.3) is 5.95 Å². The van der Waals surface area contributed by atoms with E-state index >= 15 is 0 Å². The molecule has 1 heterocycles. The lowest BCUT2D eigenvalue weighted by Gasteiger charge is -1.99. The van der Waals surface area contributed by atoms with Crippen molar-refractivity contribution in [1.29, 1.82) is 0 Å². The highest BCUT2D eigenvalue weighted by Gasteiger charge is 1.99. The van der Waals surface area contributed by atoms with Gasteiger partial charge in [-0.2, -0.15) is 0 Å². The van der Waals surface area contributed by atoms with E-state index in [4.69, 9.17) is 9.47 Å². The molecule has 0 fully saturated rings. The van der Waals surface area contributed by atoms with Crippen LogP contribution in [0.3, 0.4) is 0 Å². The van der Waals surface area contributed by atoms with Crippen molar-refractivity contribution in [3.05, 3.63) is 22.6 Å². The summed E-state index contributed by atoms with van der Waals surface area (Å²) in [5.74, 6) is 0.576. The molecule has 0 saturated heterocycles. The highest BCUT2D eigenvalue weighted by Crippen LogP contribution is 2.14. The van der Waals surface area contributed by atoms with Gasteiger partial charge in [-0.1, -0.05) is 0 Å².